The van der Waals surface area contributed by atoms with Gasteiger partial charge in [0, 0.05) is 18.3 Å². The molecule has 1 aliphatic rings. The Kier molecular flexibility index (Phi) is 7.29. The Morgan fingerprint density at radius 1 is 1.14 bits per heavy atom. The minimum Gasteiger partial charge on any atom is -0.349 e. The van der Waals surface area contributed by atoms with Crippen LogP contribution < -0.4 is 5.32 Å². The first-order chi connectivity index (χ1) is 17.5. The van der Waals surface area contributed by atoms with Crippen molar-refractivity contribution >= 4 is 15.9 Å². The number of sulfonamides is 1. The molecule has 0 radical (unpaired) electrons. The second kappa shape index (κ2) is 10.3. The maximum Gasteiger partial charge on any atom is 0.416 e. The lowest BCUT2D eigenvalue weighted by molar-refractivity contribution is -0.137. The molecule has 0 saturated carbocycles. The van der Waals surface area contributed by atoms with Gasteiger partial charge in [-0.25, -0.2) is 12.8 Å². The van der Waals surface area contributed by atoms with Gasteiger partial charge in [0.1, 0.15) is 17.9 Å². The molecule has 0 bridgehead atoms. The van der Waals surface area contributed by atoms with Gasteiger partial charge in [0.2, 0.25) is 15.9 Å². The van der Waals surface area contributed by atoms with Gasteiger partial charge >= 0.3 is 6.18 Å². The van der Waals surface area contributed by atoms with Gasteiger partial charge in [-0.15, -0.1) is 0 Å². The number of pyridine rings is 1. The van der Waals surface area contributed by atoms with Crippen molar-refractivity contribution in [1.29, 1.82) is 5.26 Å². The quantitative estimate of drug-likeness (QED) is 0.479. The summed E-state index contributed by atoms with van der Waals surface area (Å²) in [6.07, 6.45) is -2.48. The summed E-state index contributed by atoms with van der Waals surface area (Å²) in [7, 11) is -4.02. The summed E-state index contributed by atoms with van der Waals surface area (Å²) in [5, 5.41) is 12.1. The highest BCUT2D eigenvalue weighted by Gasteiger charge is 2.39. The summed E-state index contributed by atoms with van der Waals surface area (Å²) in [6, 6.07) is 11.1. The van der Waals surface area contributed by atoms with E-state index in [1.165, 1.54) is 24.4 Å². The van der Waals surface area contributed by atoms with Crippen LogP contribution in [0, 0.1) is 17.1 Å². The summed E-state index contributed by atoms with van der Waals surface area (Å²) in [5.74, 6) is -1.13. The van der Waals surface area contributed by atoms with Crippen LogP contribution in [0.3, 0.4) is 0 Å². The standard InChI is InChI=1S/C25H20F4N4O3S/c26-19-7-9-21(10-8-19)37(35,36)33-11-1-2-23(33)24(34)32-15-20-12-22(17(13-30)14-31-20)16-3-5-18(6-4-16)25(27,28)29/h3-10,12,14,23H,1-2,11,15H2,(H,32,34)/t23-/m0/s1. The number of hydrogen-bond acceptors (Lipinski definition) is 5. The lowest BCUT2D eigenvalue weighted by Gasteiger charge is -2.23. The Hall–Kier alpha value is -3.82. The monoisotopic (exact) mass is 532 g/mol. The average molecular weight is 533 g/mol. The molecule has 37 heavy (non-hydrogen) atoms. The number of nitriles is 1. The summed E-state index contributed by atoms with van der Waals surface area (Å²) in [5.41, 5.74) is 0.354. The van der Waals surface area contributed by atoms with E-state index in [9.17, 15) is 36.0 Å². The van der Waals surface area contributed by atoms with Crippen molar-refractivity contribution in [2.75, 3.05) is 6.54 Å². The molecule has 7 nitrogen and oxygen atoms in total. The number of amides is 1. The van der Waals surface area contributed by atoms with Crippen LogP contribution in [0.5, 0.6) is 0 Å². The third-order valence-electron chi connectivity index (χ3n) is 5.97. The van der Waals surface area contributed by atoms with Gasteiger partial charge < -0.3 is 5.32 Å². The molecule has 1 atom stereocenters. The third kappa shape index (κ3) is 5.63. The second-order valence-electron chi connectivity index (χ2n) is 8.35. The molecule has 2 aromatic carbocycles. The molecule has 12 heteroatoms. The highest BCUT2D eigenvalue weighted by Crippen LogP contribution is 2.32. The first kappa shape index (κ1) is 26.2. The molecule has 4 rings (SSSR count). The van der Waals surface area contributed by atoms with E-state index >= 15 is 0 Å². The molecule has 1 N–H and O–H groups in total. The van der Waals surface area contributed by atoms with E-state index in [0.717, 1.165) is 40.7 Å². The lowest BCUT2D eigenvalue weighted by atomic mass is 10.00. The van der Waals surface area contributed by atoms with Gasteiger partial charge in [0.15, 0.2) is 0 Å². The number of rotatable bonds is 6. The summed E-state index contributed by atoms with van der Waals surface area (Å²) in [6.45, 7) is 0.0318. The van der Waals surface area contributed by atoms with Gasteiger partial charge in [-0.2, -0.15) is 22.7 Å². The van der Waals surface area contributed by atoms with Crippen LogP contribution in [-0.4, -0.2) is 36.2 Å². The molecule has 2 heterocycles. The van der Waals surface area contributed by atoms with Crippen LogP contribution in [0.2, 0.25) is 0 Å². The van der Waals surface area contributed by atoms with Gasteiger partial charge in [0.05, 0.1) is 28.3 Å². The number of alkyl halides is 3. The van der Waals surface area contributed by atoms with Crippen LogP contribution in [0.15, 0.2) is 65.7 Å². The summed E-state index contributed by atoms with van der Waals surface area (Å²) < 4.78 is 79.0. The van der Waals surface area contributed by atoms with E-state index < -0.39 is 39.5 Å². The molecule has 0 spiro atoms. The van der Waals surface area contributed by atoms with Crippen LogP contribution in [0.4, 0.5) is 17.6 Å². The second-order valence-corrected chi connectivity index (χ2v) is 10.2. The minimum atomic E-state index is -4.50. The summed E-state index contributed by atoms with van der Waals surface area (Å²) >= 11 is 0. The molecule has 1 fully saturated rings. The molecule has 1 aliphatic heterocycles. The Morgan fingerprint density at radius 3 is 2.43 bits per heavy atom. The molecule has 0 aliphatic carbocycles. The summed E-state index contributed by atoms with van der Waals surface area (Å²) in [4.78, 5) is 16.9. The molecular formula is C25H20F4N4O3S. The van der Waals surface area contributed by atoms with Crippen LogP contribution >= 0.6 is 0 Å². The molecule has 0 unspecified atom stereocenters. The van der Waals surface area contributed by atoms with Gasteiger partial charge in [-0.05, 0) is 60.9 Å². The van der Waals surface area contributed by atoms with Crippen molar-refractivity contribution < 1.29 is 30.8 Å². The van der Waals surface area contributed by atoms with Gasteiger partial charge in [-0.1, -0.05) is 12.1 Å². The molecule has 1 amide bonds. The van der Waals surface area contributed by atoms with Crippen molar-refractivity contribution in [1.82, 2.24) is 14.6 Å². The number of carbonyl (C=O) groups excluding carboxylic acids is 1. The molecule has 3 aromatic rings. The fourth-order valence-electron chi connectivity index (χ4n) is 4.09. The molecule has 1 saturated heterocycles. The normalized spacial score (nSPS) is 16.4. The predicted octanol–water partition coefficient (Wildman–Crippen LogP) is 4.25. The highest BCUT2D eigenvalue weighted by molar-refractivity contribution is 7.89. The third-order valence-corrected chi connectivity index (χ3v) is 7.90. The lowest BCUT2D eigenvalue weighted by Crippen LogP contribution is -2.45. The van der Waals surface area contributed by atoms with Crippen LogP contribution in [0.25, 0.3) is 11.1 Å². The number of nitrogens with one attached hydrogen (secondary N) is 1. The number of benzene rings is 2. The van der Waals surface area contributed by atoms with Crippen LogP contribution in [-0.2, 0) is 27.5 Å². The smallest absolute Gasteiger partial charge is 0.349 e. The fourth-order valence-corrected chi connectivity index (χ4v) is 5.75. The van der Waals surface area contributed by atoms with E-state index in [0.29, 0.717) is 29.7 Å². The van der Waals surface area contributed by atoms with E-state index in [1.807, 2.05) is 6.07 Å². The number of nitrogens with zero attached hydrogens (tertiary/aromatic N) is 3. The van der Waals surface area contributed by atoms with Crippen molar-refractivity contribution in [3.63, 3.8) is 0 Å². The van der Waals surface area contributed by atoms with Crippen molar-refractivity contribution in [3.05, 3.63) is 83.4 Å². The predicted molar refractivity (Wildman–Crippen MR) is 125 cm³/mol. The van der Waals surface area contributed by atoms with Crippen molar-refractivity contribution in [2.45, 2.75) is 36.5 Å². The topological polar surface area (TPSA) is 103 Å². The van der Waals surface area contributed by atoms with Crippen LogP contribution in [0.1, 0.15) is 29.7 Å². The first-order valence-corrected chi connectivity index (χ1v) is 12.6. The number of carbonyl (C=O) groups is 1. The largest absolute Gasteiger partial charge is 0.416 e. The minimum absolute atomic E-state index is 0.0981. The van der Waals surface area contributed by atoms with E-state index in [4.69, 9.17) is 0 Å². The van der Waals surface area contributed by atoms with Crippen molar-refractivity contribution in [2.24, 2.45) is 0 Å². The Bertz CT molecular complexity index is 1450. The van der Waals surface area contributed by atoms with Crippen molar-refractivity contribution in [3.8, 4) is 17.2 Å². The zero-order chi connectivity index (χ0) is 26.8. The fraction of sp³-hybridized carbons (Fsp3) is 0.240. The Labute approximate surface area is 210 Å². The van der Waals surface area contributed by atoms with Gasteiger partial charge in [-0.3, -0.25) is 9.78 Å². The molecule has 192 valence electrons. The zero-order valence-electron chi connectivity index (χ0n) is 19.2. The number of halogens is 4. The molecular weight excluding hydrogens is 512 g/mol. The van der Waals surface area contributed by atoms with Gasteiger partial charge in [0.25, 0.3) is 0 Å². The van der Waals surface area contributed by atoms with E-state index in [-0.39, 0.29) is 23.5 Å². The Morgan fingerprint density at radius 2 is 1.81 bits per heavy atom. The maximum atomic E-state index is 13.2. The molecule has 1 aromatic heterocycles. The zero-order valence-corrected chi connectivity index (χ0v) is 20.0. The SMILES string of the molecule is N#Cc1cnc(CNC(=O)[C@@H]2CCCN2S(=O)(=O)c2ccc(F)cc2)cc1-c1ccc(C(F)(F)F)cc1. The maximum absolute atomic E-state index is 13.2. The number of aromatic nitrogens is 1. The van der Waals surface area contributed by atoms with E-state index in [1.54, 1.807) is 0 Å². The number of hydrogen-bond donors (Lipinski definition) is 1. The first-order valence-electron chi connectivity index (χ1n) is 11.1. The van der Waals surface area contributed by atoms with E-state index in [2.05, 4.69) is 10.3 Å². The Balaban J connectivity index is 1.50. The highest BCUT2D eigenvalue weighted by atomic mass is 32.2. The average Bonchev–Trinajstić information content (AvgIpc) is 3.38.